The molecule has 0 fully saturated rings. The van der Waals surface area contributed by atoms with Gasteiger partial charge in [0.25, 0.3) is 0 Å². The Morgan fingerprint density at radius 1 is 0.367 bits per heavy atom. The molecule has 3 heteroatoms. The van der Waals surface area contributed by atoms with E-state index in [-0.39, 0.29) is 0 Å². The van der Waals surface area contributed by atoms with Crippen LogP contribution in [0.4, 0.5) is 0 Å². The van der Waals surface area contributed by atoms with E-state index in [1.54, 1.807) is 4.70 Å². The quantitative estimate of drug-likeness (QED) is 0.0367. The van der Waals surface area contributed by atoms with Gasteiger partial charge in [0, 0.05) is 22.3 Å². The average Bonchev–Trinajstić information content (AvgIpc) is 3.55. The summed E-state index contributed by atoms with van der Waals surface area (Å²) >= 11 is 1.82. The zero-order valence-corrected chi connectivity index (χ0v) is 41.6. The molecule has 0 aliphatic carbocycles. The van der Waals surface area contributed by atoms with Crippen molar-refractivity contribution in [3.63, 3.8) is 0 Å². The van der Waals surface area contributed by atoms with Gasteiger partial charge in [0.2, 0.25) is 11.4 Å². The molecule has 0 radical (unpaired) electrons. The van der Waals surface area contributed by atoms with Crippen molar-refractivity contribution >= 4 is 11.4 Å². The molecule has 2 aromatic rings. The molecule has 0 atom stereocenters. The molecule has 344 valence electrons. The summed E-state index contributed by atoms with van der Waals surface area (Å²) in [4.78, 5) is 0. The van der Waals surface area contributed by atoms with Crippen LogP contribution in [0.1, 0.15) is 263 Å². The normalized spacial score (nSPS) is 12.9. The van der Waals surface area contributed by atoms with Crippen molar-refractivity contribution in [2.45, 2.75) is 264 Å². The Morgan fingerprint density at radius 2 is 0.733 bits per heavy atom. The Morgan fingerprint density at radius 3 is 1.13 bits per heavy atom. The Balaban J connectivity index is 0.00000233. The molecule has 0 aromatic heterocycles. The van der Waals surface area contributed by atoms with Crippen LogP contribution in [0, 0.1) is 0 Å². The molecule has 2 aromatic carbocycles. The van der Waals surface area contributed by atoms with Crippen LogP contribution >= 0.6 is 0 Å². The fraction of sp³-hybridized carbons (Fsp3) is 0.719. The monoisotopic (exact) mass is 867 g/mol. The SMILES string of the molecule is CCCCCCCCCCCCCCCCCCCCCCCCCc1ccc(C2=C(CCCC)C(CCCC)=C(c3cccc(CCCC)c3)[N+]2=[N-])cc1.C[CH2][Ni][CH2]C. The Hall–Kier alpha value is -1.99. The molecule has 0 saturated carbocycles. The summed E-state index contributed by atoms with van der Waals surface area (Å²) in [6, 6.07) is 18.1. The molecule has 0 bridgehead atoms. The first-order valence-electron chi connectivity index (χ1n) is 26.1. The van der Waals surface area contributed by atoms with E-state index in [9.17, 15) is 5.53 Å². The van der Waals surface area contributed by atoms with Crippen molar-refractivity contribution in [2.24, 2.45) is 0 Å². The van der Waals surface area contributed by atoms with Crippen molar-refractivity contribution in [3.05, 3.63) is 87.5 Å². The molecule has 0 saturated heterocycles. The number of hydrogen-bond donors (Lipinski definition) is 0. The van der Waals surface area contributed by atoms with E-state index in [0.29, 0.717) is 0 Å². The van der Waals surface area contributed by atoms with E-state index >= 15 is 0 Å². The molecule has 2 nitrogen and oxygen atoms in total. The van der Waals surface area contributed by atoms with Crippen LogP contribution in [-0.2, 0) is 27.3 Å². The van der Waals surface area contributed by atoms with Gasteiger partial charge in [-0.15, -0.1) is 0 Å². The Labute approximate surface area is 380 Å². The third kappa shape index (κ3) is 23.5. The number of benzene rings is 2. The summed E-state index contributed by atoms with van der Waals surface area (Å²) in [6.07, 6.45) is 44.2. The fourth-order valence-corrected chi connectivity index (χ4v) is 9.34. The van der Waals surface area contributed by atoms with Gasteiger partial charge in [-0.05, 0) is 86.8 Å². The Kier molecular flexibility index (Phi) is 33.9. The number of allylic oxidation sites excluding steroid dienone is 2. The van der Waals surface area contributed by atoms with E-state index in [2.05, 4.69) is 90.1 Å². The molecular formula is C57H96N2Ni. The number of aryl methyl sites for hydroxylation is 2. The molecule has 0 amide bonds. The number of nitrogens with zero attached hydrogens (tertiary/aromatic N) is 2. The van der Waals surface area contributed by atoms with Crippen LogP contribution in [0.15, 0.2) is 59.7 Å². The number of hydrogen-bond acceptors (Lipinski definition) is 0. The van der Waals surface area contributed by atoms with Gasteiger partial charge in [-0.25, -0.2) is 4.70 Å². The molecule has 60 heavy (non-hydrogen) atoms. The second-order valence-electron chi connectivity index (χ2n) is 17.8. The van der Waals surface area contributed by atoms with E-state index in [0.717, 1.165) is 73.9 Å². The molecular weight excluding hydrogens is 771 g/mol. The summed E-state index contributed by atoms with van der Waals surface area (Å²) in [5.41, 5.74) is 21.8. The van der Waals surface area contributed by atoms with Crippen LogP contribution in [-0.4, -0.2) is 4.70 Å². The predicted octanol–water partition coefficient (Wildman–Crippen LogP) is 20.1. The maximum atomic E-state index is 11.9. The summed E-state index contributed by atoms with van der Waals surface area (Å²) in [5.74, 6) is 0. The molecule has 1 aliphatic rings. The van der Waals surface area contributed by atoms with E-state index in [4.69, 9.17) is 0 Å². The standard InChI is InChI=1S/C53H86N2.2C2H5.Ni/c1-5-9-13-14-15-16-17-18-19-20-21-22-23-24-25-26-27-28-29-30-31-32-33-36-46-41-43-48(44-42-46)52-50(39-11-7-3)51(40-12-8-4)53(55(52)54)49-38-34-37-47(45-49)35-10-6-2;2*1-2;/h34,37-38,41-45H,5-33,35-36,39-40H2,1-4H3;2*1H2,2H3;. The summed E-state index contributed by atoms with van der Waals surface area (Å²) in [5, 5.41) is 2.56. The molecule has 3 rings (SSSR count). The van der Waals surface area contributed by atoms with Gasteiger partial charge in [0.1, 0.15) is 0 Å². The van der Waals surface area contributed by atoms with Crippen LogP contribution < -0.4 is 0 Å². The van der Waals surface area contributed by atoms with Crippen LogP contribution in [0.25, 0.3) is 16.9 Å². The molecule has 0 N–H and O–H groups in total. The van der Waals surface area contributed by atoms with Crippen molar-refractivity contribution in [3.8, 4) is 0 Å². The van der Waals surface area contributed by atoms with Gasteiger partial charge >= 0.3 is 39.1 Å². The van der Waals surface area contributed by atoms with E-state index in [1.165, 1.54) is 194 Å². The van der Waals surface area contributed by atoms with Gasteiger partial charge in [-0.1, -0.05) is 212 Å². The second-order valence-corrected chi connectivity index (χ2v) is 19.7. The van der Waals surface area contributed by atoms with Crippen molar-refractivity contribution in [1.82, 2.24) is 0 Å². The summed E-state index contributed by atoms with van der Waals surface area (Å²) < 4.78 is 1.56. The molecule has 1 heterocycles. The predicted molar refractivity (Wildman–Crippen MR) is 265 cm³/mol. The van der Waals surface area contributed by atoms with Gasteiger partial charge in [0.15, 0.2) is 0 Å². The first kappa shape index (κ1) is 54.1. The van der Waals surface area contributed by atoms with E-state index in [1.807, 2.05) is 14.4 Å². The average molecular weight is 868 g/mol. The zero-order valence-electron chi connectivity index (χ0n) is 40.6. The van der Waals surface area contributed by atoms with Crippen LogP contribution in [0.2, 0.25) is 10.8 Å². The topological polar surface area (TPSA) is 25.3 Å². The minimum atomic E-state index is 1.01. The second kappa shape index (κ2) is 37.6. The summed E-state index contributed by atoms with van der Waals surface area (Å²) in [6.45, 7) is 13.5. The fourth-order valence-electron chi connectivity index (χ4n) is 8.85. The zero-order chi connectivity index (χ0) is 43.3. The minimum absolute atomic E-state index is 1.01. The Bertz CT molecular complexity index is 1400. The van der Waals surface area contributed by atoms with Crippen LogP contribution in [0.5, 0.6) is 0 Å². The molecule has 0 spiro atoms. The first-order valence-corrected chi connectivity index (χ1v) is 27.5. The van der Waals surface area contributed by atoms with Crippen molar-refractivity contribution < 1.29 is 19.1 Å². The molecule has 1 aliphatic heterocycles. The number of unbranched alkanes of at least 4 members (excludes halogenated alkanes) is 25. The third-order valence-electron chi connectivity index (χ3n) is 12.6. The molecule has 0 unspecified atom stereocenters. The van der Waals surface area contributed by atoms with Gasteiger partial charge < -0.3 is 5.53 Å². The first-order chi connectivity index (χ1) is 29.6. The summed E-state index contributed by atoms with van der Waals surface area (Å²) in [7, 11) is 0. The van der Waals surface area contributed by atoms with E-state index < -0.39 is 0 Å². The van der Waals surface area contributed by atoms with Crippen LogP contribution in [0.3, 0.4) is 0 Å². The third-order valence-corrected chi connectivity index (χ3v) is 13.5. The van der Waals surface area contributed by atoms with Crippen molar-refractivity contribution in [2.75, 3.05) is 0 Å². The van der Waals surface area contributed by atoms with Gasteiger partial charge in [0.05, 0.1) is 0 Å². The van der Waals surface area contributed by atoms with Gasteiger partial charge in [-0.3, -0.25) is 0 Å². The maximum absolute atomic E-state index is 11.9. The van der Waals surface area contributed by atoms with Gasteiger partial charge in [-0.2, -0.15) is 0 Å². The van der Waals surface area contributed by atoms with Crippen molar-refractivity contribution in [1.29, 1.82) is 0 Å². The number of rotatable bonds is 37.